The molecule has 3 aromatic rings. The van der Waals surface area contributed by atoms with Gasteiger partial charge in [-0.3, -0.25) is 5.32 Å². The predicted octanol–water partition coefficient (Wildman–Crippen LogP) is 5.83. The van der Waals surface area contributed by atoms with Crippen LogP contribution in [0, 0.1) is 0 Å². The second-order valence-corrected chi connectivity index (χ2v) is 7.53. The largest absolute Gasteiger partial charge is 0.418 e. The minimum atomic E-state index is -4.57. The van der Waals surface area contributed by atoms with E-state index < -0.39 is 17.8 Å². The molecule has 2 amide bonds. The maximum Gasteiger partial charge on any atom is 0.418 e. The Hall–Kier alpha value is -3.29. The molecule has 2 N–H and O–H groups in total. The second kappa shape index (κ2) is 7.62. The maximum absolute atomic E-state index is 13.2. The van der Waals surface area contributed by atoms with Gasteiger partial charge in [-0.1, -0.05) is 51.1 Å². The van der Waals surface area contributed by atoms with E-state index >= 15 is 0 Å². The molecule has 29 heavy (non-hydrogen) atoms. The number of anilines is 2. The average molecular weight is 402 g/mol. The van der Waals surface area contributed by atoms with Crippen molar-refractivity contribution >= 4 is 17.5 Å². The summed E-state index contributed by atoms with van der Waals surface area (Å²) in [5.41, 5.74) is -0.0710. The molecule has 0 saturated heterocycles. The van der Waals surface area contributed by atoms with E-state index in [1.54, 1.807) is 10.7 Å². The highest BCUT2D eigenvalue weighted by atomic mass is 19.4. The smallest absolute Gasteiger partial charge is 0.307 e. The molecular weight excluding hydrogens is 381 g/mol. The first-order valence-corrected chi connectivity index (χ1v) is 8.96. The van der Waals surface area contributed by atoms with Crippen molar-refractivity contribution in [1.29, 1.82) is 0 Å². The van der Waals surface area contributed by atoms with E-state index in [0.29, 0.717) is 11.5 Å². The summed E-state index contributed by atoms with van der Waals surface area (Å²) in [4.78, 5) is 12.5. The molecule has 2 aromatic carbocycles. The van der Waals surface area contributed by atoms with Gasteiger partial charge < -0.3 is 5.32 Å². The summed E-state index contributed by atoms with van der Waals surface area (Å²) in [6.07, 6.45) is -4.57. The van der Waals surface area contributed by atoms with Crippen LogP contribution in [0.1, 0.15) is 32.0 Å². The summed E-state index contributed by atoms with van der Waals surface area (Å²) in [6.45, 7) is 5.94. The predicted molar refractivity (Wildman–Crippen MR) is 106 cm³/mol. The van der Waals surface area contributed by atoms with Crippen LogP contribution < -0.4 is 10.6 Å². The molecule has 0 unspecified atom stereocenters. The molecule has 3 rings (SSSR count). The fourth-order valence-corrected chi connectivity index (χ4v) is 2.71. The molecule has 0 saturated carbocycles. The Kier molecular flexibility index (Phi) is 5.37. The number of hydrogen-bond donors (Lipinski definition) is 2. The van der Waals surface area contributed by atoms with Crippen molar-refractivity contribution in [3.63, 3.8) is 0 Å². The molecule has 0 bridgehead atoms. The molecule has 152 valence electrons. The first-order chi connectivity index (χ1) is 13.6. The third-order valence-electron chi connectivity index (χ3n) is 4.20. The lowest BCUT2D eigenvalue weighted by Crippen LogP contribution is -2.23. The zero-order chi connectivity index (χ0) is 21.2. The van der Waals surface area contributed by atoms with Crippen LogP contribution in [0.15, 0.2) is 60.7 Å². The van der Waals surface area contributed by atoms with Crippen LogP contribution in [0.2, 0.25) is 0 Å². The van der Waals surface area contributed by atoms with E-state index in [0.717, 1.165) is 11.8 Å². The zero-order valence-corrected chi connectivity index (χ0v) is 16.2. The van der Waals surface area contributed by atoms with Gasteiger partial charge in [0, 0.05) is 11.5 Å². The Morgan fingerprint density at radius 1 is 0.931 bits per heavy atom. The van der Waals surface area contributed by atoms with Gasteiger partial charge in [0.15, 0.2) is 0 Å². The molecule has 0 fully saturated rings. The number of para-hydroxylation sites is 2. The number of amides is 2. The van der Waals surface area contributed by atoms with E-state index in [1.165, 1.54) is 18.2 Å². The summed E-state index contributed by atoms with van der Waals surface area (Å²) in [6, 6.07) is 14.9. The zero-order valence-electron chi connectivity index (χ0n) is 16.2. The number of aromatic nitrogens is 2. The van der Waals surface area contributed by atoms with Gasteiger partial charge >= 0.3 is 12.2 Å². The number of alkyl halides is 3. The number of carbonyl (C=O) groups excluding carboxylic acids is 1. The number of nitrogens with one attached hydrogen (secondary N) is 2. The molecule has 0 aliphatic heterocycles. The van der Waals surface area contributed by atoms with Gasteiger partial charge in [-0.2, -0.15) is 18.3 Å². The van der Waals surface area contributed by atoms with Gasteiger partial charge in [0.05, 0.1) is 22.6 Å². The Balaban J connectivity index is 1.91. The van der Waals surface area contributed by atoms with Crippen LogP contribution in [0.3, 0.4) is 0 Å². The topological polar surface area (TPSA) is 59.0 Å². The number of halogens is 3. The van der Waals surface area contributed by atoms with Crippen molar-refractivity contribution in [2.24, 2.45) is 0 Å². The quantitative estimate of drug-likeness (QED) is 0.579. The molecule has 1 heterocycles. The van der Waals surface area contributed by atoms with Crippen LogP contribution >= 0.6 is 0 Å². The fourth-order valence-electron chi connectivity index (χ4n) is 2.71. The molecule has 0 aliphatic carbocycles. The highest BCUT2D eigenvalue weighted by molar-refractivity contribution is 6.00. The first kappa shape index (κ1) is 20.4. The third-order valence-corrected chi connectivity index (χ3v) is 4.20. The second-order valence-electron chi connectivity index (χ2n) is 7.53. The van der Waals surface area contributed by atoms with Gasteiger partial charge in [-0.05, 0) is 24.3 Å². The Labute approximate surface area is 166 Å². The van der Waals surface area contributed by atoms with Crippen molar-refractivity contribution in [3.05, 3.63) is 71.9 Å². The normalized spacial score (nSPS) is 11.9. The molecule has 0 aliphatic rings. The van der Waals surface area contributed by atoms with Crippen LogP contribution in [0.5, 0.6) is 0 Å². The lowest BCUT2D eigenvalue weighted by atomic mass is 9.92. The van der Waals surface area contributed by atoms with Crippen molar-refractivity contribution in [2.45, 2.75) is 32.4 Å². The monoisotopic (exact) mass is 402 g/mol. The average Bonchev–Trinajstić information content (AvgIpc) is 3.06. The highest BCUT2D eigenvalue weighted by Gasteiger charge is 2.33. The van der Waals surface area contributed by atoms with Gasteiger partial charge in [-0.25, -0.2) is 9.48 Å². The molecular formula is C21H21F3N4O. The Bertz CT molecular complexity index is 1000. The lowest BCUT2D eigenvalue weighted by Gasteiger charge is -2.14. The number of benzene rings is 2. The summed E-state index contributed by atoms with van der Waals surface area (Å²) < 4.78 is 41.0. The molecule has 0 radical (unpaired) electrons. The Morgan fingerprint density at radius 2 is 1.55 bits per heavy atom. The molecule has 8 heteroatoms. The van der Waals surface area contributed by atoms with E-state index in [9.17, 15) is 18.0 Å². The summed E-state index contributed by atoms with van der Waals surface area (Å²) in [5.74, 6) is 0.350. The van der Waals surface area contributed by atoms with Crippen molar-refractivity contribution < 1.29 is 18.0 Å². The summed E-state index contributed by atoms with van der Waals surface area (Å²) in [5, 5.41) is 9.46. The number of nitrogens with zero attached hydrogens (tertiary/aromatic N) is 2. The van der Waals surface area contributed by atoms with Crippen LogP contribution in [-0.2, 0) is 11.6 Å². The van der Waals surface area contributed by atoms with Crippen molar-refractivity contribution in [2.75, 3.05) is 10.6 Å². The van der Waals surface area contributed by atoms with E-state index in [4.69, 9.17) is 0 Å². The standard InChI is InChI=1S/C21H21F3N4O/c1-20(2,3)17-13-18(28(27-17)14-9-5-4-6-10-14)26-19(29)25-16-12-8-7-11-15(16)21(22,23)24/h4-13H,1-3H3,(H2,25,26,29). The summed E-state index contributed by atoms with van der Waals surface area (Å²) >= 11 is 0. The van der Waals surface area contributed by atoms with Gasteiger partial charge in [0.1, 0.15) is 5.82 Å². The minimum absolute atomic E-state index is 0.282. The van der Waals surface area contributed by atoms with E-state index in [-0.39, 0.29) is 11.1 Å². The van der Waals surface area contributed by atoms with Crippen LogP contribution in [-0.4, -0.2) is 15.8 Å². The number of rotatable bonds is 3. The molecule has 1 aromatic heterocycles. The SMILES string of the molecule is CC(C)(C)c1cc(NC(=O)Nc2ccccc2C(F)(F)F)n(-c2ccccc2)n1. The molecule has 0 atom stereocenters. The third kappa shape index (κ3) is 4.77. The number of carbonyl (C=O) groups is 1. The van der Waals surface area contributed by atoms with Crippen LogP contribution in [0.25, 0.3) is 5.69 Å². The maximum atomic E-state index is 13.2. The van der Waals surface area contributed by atoms with Crippen LogP contribution in [0.4, 0.5) is 29.5 Å². The van der Waals surface area contributed by atoms with E-state index in [2.05, 4.69) is 15.7 Å². The Morgan fingerprint density at radius 3 is 2.17 bits per heavy atom. The van der Waals surface area contributed by atoms with Gasteiger partial charge in [-0.15, -0.1) is 0 Å². The van der Waals surface area contributed by atoms with Crippen molar-refractivity contribution in [1.82, 2.24) is 9.78 Å². The number of urea groups is 1. The number of hydrogen-bond acceptors (Lipinski definition) is 2. The van der Waals surface area contributed by atoms with Gasteiger partial charge in [0.2, 0.25) is 0 Å². The highest BCUT2D eigenvalue weighted by Crippen LogP contribution is 2.34. The van der Waals surface area contributed by atoms with E-state index in [1.807, 2.05) is 51.1 Å². The molecule has 0 spiro atoms. The molecule has 5 nitrogen and oxygen atoms in total. The summed E-state index contributed by atoms with van der Waals surface area (Å²) in [7, 11) is 0. The lowest BCUT2D eigenvalue weighted by molar-refractivity contribution is -0.136. The van der Waals surface area contributed by atoms with Crippen molar-refractivity contribution in [3.8, 4) is 5.69 Å². The van der Waals surface area contributed by atoms with Gasteiger partial charge in [0.25, 0.3) is 0 Å². The fraction of sp³-hybridized carbons (Fsp3) is 0.238. The first-order valence-electron chi connectivity index (χ1n) is 8.96. The minimum Gasteiger partial charge on any atom is -0.307 e.